The molecule has 0 fully saturated rings. The number of carbonyl (C=O) groups excluding carboxylic acids is 1. The number of hydrogen-bond donors (Lipinski definition) is 1. The summed E-state index contributed by atoms with van der Waals surface area (Å²) >= 11 is 17.7. The van der Waals surface area contributed by atoms with Gasteiger partial charge < -0.3 is 10.2 Å². The number of nitrogens with zero attached hydrogens (tertiary/aromatic N) is 1. The van der Waals surface area contributed by atoms with Crippen molar-refractivity contribution in [3.8, 4) is 0 Å². The molecule has 6 heteroatoms. The number of alkyl halides is 3. The van der Waals surface area contributed by atoms with E-state index in [2.05, 4.69) is 19.2 Å². The smallest absolute Gasteiger partial charge is 0.279 e. The van der Waals surface area contributed by atoms with Gasteiger partial charge >= 0.3 is 0 Å². The van der Waals surface area contributed by atoms with Gasteiger partial charge in [0.15, 0.2) is 0 Å². The molecule has 1 atom stereocenters. The Kier molecular flexibility index (Phi) is 7.84. The van der Waals surface area contributed by atoms with Crippen LogP contribution in [0.15, 0.2) is 54.6 Å². The number of para-hydroxylation sites is 1. The lowest BCUT2D eigenvalue weighted by molar-refractivity contribution is -0.118. The average Bonchev–Trinajstić information content (AvgIpc) is 2.61. The van der Waals surface area contributed by atoms with Crippen molar-refractivity contribution in [2.45, 2.75) is 43.4 Å². The zero-order valence-electron chi connectivity index (χ0n) is 15.8. The Bertz CT molecular complexity index is 727. The zero-order chi connectivity index (χ0) is 20.0. The second-order valence-electron chi connectivity index (χ2n) is 7.03. The predicted molar refractivity (Wildman–Crippen MR) is 117 cm³/mol. The van der Waals surface area contributed by atoms with E-state index in [-0.39, 0.29) is 6.04 Å². The normalized spacial score (nSPS) is 12.7. The molecule has 0 saturated carbocycles. The molecule has 2 aromatic carbocycles. The van der Waals surface area contributed by atoms with Crippen molar-refractivity contribution >= 4 is 57.8 Å². The zero-order valence-corrected chi connectivity index (χ0v) is 18.0. The summed E-state index contributed by atoms with van der Waals surface area (Å²) in [6.07, 6.45) is 1.81. The van der Waals surface area contributed by atoms with Gasteiger partial charge in [0.2, 0.25) is 0 Å². The first kappa shape index (κ1) is 21.9. The van der Waals surface area contributed by atoms with Crippen LogP contribution in [-0.4, -0.2) is 15.7 Å². The number of amides is 1. The van der Waals surface area contributed by atoms with Gasteiger partial charge in [-0.1, -0.05) is 66.8 Å². The summed E-state index contributed by atoms with van der Waals surface area (Å²) in [5.74, 6) is 0.00198. The van der Waals surface area contributed by atoms with Crippen molar-refractivity contribution < 1.29 is 4.79 Å². The number of halogens is 3. The fourth-order valence-electron chi connectivity index (χ4n) is 2.81. The van der Waals surface area contributed by atoms with E-state index in [4.69, 9.17) is 34.8 Å². The van der Waals surface area contributed by atoms with Gasteiger partial charge in [-0.2, -0.15) is 0 Å². The van der Waals surface area contributed by atoms with Gasteiger partial charge in [0.25, 0.3) is 9.70 Å². The lowest BCUT2D eigenvalue weighted by Crippen LogP contribution is -2.45. The van der Waals surface area contributed by atoms with Crippen LogP contribution in [0.2, 0.25) is 0 Å². The minimum atomic E-state index is -1.99. The molecule has 2 aromatic rings. The summed E-state index contributed by atoms with van der Waals surface area (Å²) in [5.41, 5.74) is 2.62. The van der Waals surface area contributed by atoms with E-state index < -0.39 is 9.70 Å². The van der Waals surface area contributed by atoms with E-state index in [0.717, 1.165) is 24.2 Å². The highest BCUT2D eigenvalue weighted by Gasteiger charge is 2.38. The topological polar surface area (TPSA) is 32.3 Å². The summed E-state index contributed by atoms with van der Waals surface area (Å²) in [6, 6.07) is 17.4. The Morgan fingerprint density at radius 2 is 1.48 bits per heavy atom. The van der Waals surface area contributed by atoms with Gasteiger partial charge in [-0.3, -0.25) is 4.79 Å². The molecule has 0 spiro atoms. The van der Waals surface area contributed by atoms with Crippen LogP contribution in [0.4, 0.5) is 17.1 Å². The molecule has 0 aliphatic rings. The van der Waals surface area contributed by atoms with E-state index in [9.17, 15) is 4.79 Å². The molecule has 1 unspecified atom stereocenters. The average molecular weight is 428 g/mol. The van der Waals surface area contributed by atoms with Crippen LogP contribution in [0.3, 0.4) is 0 Å². The van der Waals surface area contributed by atoms with Gasteiger partial charge in [-0.25, -0.2) is 0 Å². The summed E-state index contributed by atoms with van der Waals surface area (Å²) in [5, 5.41) is 3.32. The van der Waals surface area contributed by atoms with Crippen molar-refractivity contribution in [2.24, 2.45) is 5.92 Å². The summed E-state index contributed by atoms with van der Waals surface area (Å²) < 4.78 is -1.99. The quantitative estimate of drug-likeness (QED) is 0.484. The Balaban J connectivity index is 2.22. The van der Waals surface area contributed by atoms with Crippen LogP contribution in [-0.2, 0) is 4.79 Å². The van der Waals surface area contributed by atoms with E-state index >= 15 is 0 Å². The molecule has 1 N–H and O–H groups in total. The van der Waals surface area contributed by atoms with Crippen molar-refractivity contribution in [2.75, 3.05) is 10.2 Å². The molecule has 0 aromatic heterocycles. The largest absolute Gasteiger partial charge is 0.356 e. The third-order valence-corrected chi connectivity index (χ3v) is 4.76. The molecular weight excluding hydrogens is 403 g/mol. The second kappa shape index (κ2) is 9.68. The molecule has 0 aliphatic carbocycles. The van der Waals surface area contributed by atoms with Crippen molar-refractivity contribution in [1.82, 2.24) is 0 Å². The lowest BCUT2D eigenvalue weighted by Gasteiger charge is -2.32. The van der Waals surface area contributed by atoms with E-state index in [1.807, 2.05) is 61.5 Å². The summed E-state index contributed by atoms with van der Waals surface area (Å²) in [6.45, 7) is 6.28. The van der Waals surface area contributed by atoms with Crippen LogP contribution >= 0.6 is 34.8 Å². The number of nitrogens with one attached hydrogen (secondary N) is 1. The van der Waals surface area contributed by atoms with E-state index in [1.54, 1.807) is 4.90 Å². The van der Waals surface area contributed by atoms with Crippen molar-refractivity contribution in [3.05, 3.63) is 54.6 Å². The molecule has 1 amide bonds. The first-order valence-corrected chi connectivity index (χ1v) is 10.1. The van der Waals surface area contributed by atoms with Crippen molar-refractivity contribution in [3.63, 3.8) is 0 Å². The minimum absolute atomic E-state index is 0.0801. The maximum atomic E-state index is 12.7. The van der Waals surface area contributed by atoms with E-state index in [0.29, 0.717) is 11.6 Å². The van der Waals surface area contributed by atoms with Crippen LogP contribution < -0.4 is 10.2 Å². The monoisotopic (exact) mass is 426 g/mol. The number of benzene rings is 2. The molecule has 0 bridgehead atoms. The lowest BCUT2D eigenvalue weighted by atomic mass is 10.0. The fraction of sp³-hybridized carbons (Fsp3) is 0.381. The highest BCUT2D eigenvalue weighted by atomic mass is 35.6. The summed E-state index contributed by atoms with van der Waals surface area (Å²) in [7, 11) is 0. The molecule has 27 heavy (non-hydrogen) atoms. The maximum Gasteiger partial charge on any atom is 0.279 e. The Morgan fingerprint density at radius 1 is 0.926 bits per heavy atom. The number of carbonyl (C=O) groups is 1. The molecular formula is C21H25Cl3N2O. The first-order valence-electron chi connectivity index (χ1n) is 9.01. The van der Waals surface area contributed by atoms with Gasteiger partial charge in [0.05, 0.1) is 0 Å². The molecule has 3 nitrogen and oxygen atoms in total. The van der Waals surface area contributed by atoms with Gasteiger partial charge in [0, 0.05) is 23.1 Å². The highest BCUT2D eigenvalue weighted by molar-refractivity contribution is 6.77. The molecule has 0 radical (unpaired) electrons. The first-order chi connectivity index (χ1) is 12.7. The Labute approximate surface area is 176 Å². The van der Waals surface area contributed by atoms with Crippen LogP contribution in [0, 0.1) is 5.92 Å². The van der Waals surface area contributed by atoms with Gasteiger partial charge in [-0.05, 0) is 62.1 Å². The highest BCUT2D eigenvalue weighted by Crippen LogP contribution is 2.33. The molecule has 0 saturated heterocycles. The van der Waals surface area contributed by atoms with Crippen LogP contribution in [0.1, 0.15) is 33.6 Å². The fourth-order valence-corrected chi connectivity index (χ4v) is 3.08. The van der Waals surface area contributed by atoms with Crippen LogP contribution in [0.25, 0.3) is 0 Å². The third kappa shape index (κ3) is 6.60. The van der Waals surface area contributed by atoms with Gasteiger partial charge in [-0.15, -0.1) is 0 Å². The second-order valence-corrected chi connectivity index (χ2v) is 9.31. The van der Waals surface area contributed by atoms with Crippen molar-refractivity contribution in [1.29, 1.82) is 0 Å². The number of hydrogen-bond acceptors (Lipinski definition) is 2. The van der Waals surface area contributed by atoms with E-state index in [1.165, 1.54) is 0 Å². The molecule has 0 aliphatic heterocycles. The minimum Gasteiger partial charge on any atom is -0.356 e. The number of anilines is 3. The predicted octanol–water partition coefficient (Wildman–Crippen LogP) is 6.96. The molecule has 2 rings (SSSR count). The summed E-state index contributed by atoms with van der Waals surface area (Å²) in [4.78, 5) is 14.3. The SMILES string of the molecule is CC(C)CCC(C)N(C(=O)C(Cl)(Cl)Cl)c1ccc(Nc2ccccc2)cc1. The standard InChI is InChI=1S/C21H25Cl3N2O/c1-15(2)9-10-16(3)26(20(27)21(22,23)24)19-13-11-18(12-14-19)25-17-7-5-4-6-8-17/h4-8,11-16,25H,9-10H2,1-3H3. The van der Waals surface area contributed by atoms with Gasteiger partial charge in [0.1, 0.15) is 0 Å². The Morgan fingerprint density at radius 3 is 2.00 bits per heavy atom. The number of rotatable bonds is 7. The third-order valence-electron chi connectivity index (χ3n) is 4.27. The maximum absolute atomic E-state index is 12.7. The Hall–Kier alpha value is -1.42. The molecule has 0 heterocycles. The van der Waals surface area contributed by atoms with Crippen LogP contribution in [0.5, 0.6) is 0 Å². The molecule has 146 valence electrons.